The maximum atomic E-state index is 12.6. The summed E-state index contributed by atoms with van der Waals surface area (Å²) in [5, 5.41) is 12.7. The standard InChI is InChI=1S/C19H26N2O4/c1-12-10-17(14(3)25-12)13(2)20-19(23)21(4)18(11-22)15-6-8-16(24-5)9-7-15/h6-10,13,18,22H,11H2,1-5H3,(H,20,23)/t13-,18+/m1/s1. The van der Waals surface area contributed by atoms with Crippen LogP contribution in [-0.4, -0.2) is 36.8 Å². The molecule has 0 aliphatic heterocycles. The average molecular weight is 346 g/mol. The van der Waals surface area contributed by atoms with Gasteiger partial charge in [0.05, 0.1) is 25.8 Å². The quantitative estimate of drug-likeness (QED) is 0.841. The predicted octanol–water partition coefficient (Wildman–Crippen LogP) is 3.34. The minimum atomic E-state index is -0.440. The lowest BCUT2D eigenvalue weighted by atomic mass is 10.1. The van der Waals surface area contributed by atoms with Crippen molar-refractivity contribution in [1.82, 2.24) is 10.2 Å². The molecule has 2 amide bonds. The molecule has 1 aromatic carbocycles. The summed E-state index contributed by atoms with van der Waals surface area (Å²) in [7, 11) is 3.26. The summed E-state index contributed by atoms with van der Waals surface area (Å²) in [6.07, 6.45) is 0. The lowest BCUT2D eigenvalue weighted by Crippen LogP contribution is -2.41. The fraction of sp³-hybridized carbons (Fsp3) is 0.421. The van der Waals surface area contributed by atoms with Crippen LogP contribution >= 0.6 is 0 Å². The second kappa shape index (κ2) is 8.07. The Kier molecular flexibility index (Phi) is 6.09. The monoisotopic (exact) mass is 346 g/mol. The number of nitrogens with one attached hydrogen (secondary N) is 1. The van der Waals surface area contributed by atoms with Crippen LogP contribution < -0.4 is 10.1 Å². The van der Waals surface area contributed by atoms with Crippen molar-refractivity contribution in [3.8, 4) is 5.75 Å². The van der Waals surface area contributed by atoms with E-state index < -0.39 is 6.04 Å². The molecular formula is C19H26N2O4. The number of ether oxygens (including phenoxy) is 1. The lowest BCUT2D eigenvalue weighted by molar-refractivity contribution is 0.148. The van der Waals surface area contributed by atoms with E-state index in [0.717, 1.165) is 28.4 Å². The molecule has 2 aromatic rings. The van der Waals surface area contributed by atoms with E-state index in [1.165, 1.54) is 4.90 Å². The minimum Gasteiger partial charge on any atom is -0.497 e. The second-order valence-electron chi connectivity index (χ2n) is 6.12. The van der Waals surface area contributed by atoms with E-state index in [1.807, 2.05) is 51.1 Å². The van der Waals surface area contributed by atoms with Gasteiger partial charge in [0, 0.05) is 12.6 Å². The first-order valence-electron chi connectivity index (χ1n) is 8.22. The van der Waals surface area contributed by atoms with E-state index in [-0.39, 0.29) is 18.7 Å². The van der Waals surface area contributed by atoms with Gasteiger partial charge in [-0.15, -0.1) is 0 Å². The number of hydrogen-bond acceptors (Lipinski definition) is 4. The van der Waals surface area contributed by atoms with Crippen LogP contribution in [-0.2, 0) is 0 Å². The average Bonchev–Trinajstić information content (AvgIpc) is 2.94. The molecule has 0 aliphatic carbocycles. The summed E-state index contributed by atoms with van der Waals surface area (Å²) in [6.45, 7) is 5.49. The molecule has 0 spiro atoms. The normalized spacial score (nSPS) is 13.2. The van der Waals surface area contributed by atoms with E-state index >= 15 is 0 Å². The number of methoxy groups -OCH3 is 1. The fourth-order valence-electron chi connectivity index (χ4n) is 2.86. The number of rotatable bonds is 6. The van der Waals surface area contributed by atoms with E-state index in [2.05, 4.69) is 5.32 Å². The third kappa shape index (κ3) is 4.33. The van der Waals surface area contributed by atoms with Gasteiger partial charge in [-0.1, -0.05) is 12.1 Å². The smallest absolute Gasteiger partial charge is 0.318 e. The number of amides is 2. The number of urea groups is 1. The largest absolute Gasteiger partial charge is 0.497 e. The van der Waals surface area contributed by atoms with Gasteiger partial charge >= 0.3 is 6.03 Å². The number of aliphatic hydroxyl groups is 1. The summed E-state index contributed by atoms with van der Waals surface area (Å²) in [4.78, 5) is 14.1. The first kappa shape index (κ1) is 18.9. The molecule has 6 nitrogen and oxygen atoms in total. The fourth-order valence-corrected chi connectivity index (χ4v) is 2.86. The molecule has 0 saturated heterocycles. The van der Waals surface area contributed by atoms with Crippen LogP contribution in [0.4, 0.5) is 4.79 Å². The molecule has 25 heavy (non-hydrogen) atoms. The number of carbonyl (C=O) groups excluding carboxylic acids is 1. The molecule has 0 unspecified atom stereocenters. The Balaban J connectivity index is 2.09. The van der Waals surface area contributed by atoms with Crippen molar-refractivity contribution in [2.24, 2.45) is 0 Å². The SMILES string of the molecule is COc1ccc([C@H](CO)N(C)C(=O)N[C@H](C)c2cc(C)oc2C)cc1. The van der Waals surface area contributed by atoms with Gasteiger partial charge in [0.2, 0.25) is 0 Å². The molecule has 136 valence electrons. The van der Waals surface area contributed by atoms with Crippen molar-refractivity contribution in [3.05, 3.63) is 53.0 Å². The van der Waals surface area contributed by atoms with Crippen molar-refractivity contribution in [3.63, 3.8) is 0 Å². The summed E-state index contributed by atoms with van der Waals surface area (Å²) < 4.78 is 10.7. The molecule has 0 aliphatic rings. The van der Waals surface area contributed by atoms with Gasteiger partial charge in [0.25, 0.3) is 0 Å². The molecule has 0 bridgehead atoms. The number of likely N-dealkylation sites (N-methyl/N-ethyl adjacent to an activating group) is 1. The maximum absolute atomic E-state index is 12.6. The van der Waals surface area contributed by atoms with Crippen LogP contribution in [0.3, 0.4) is 0 Å². The van der Waals surface area contributed by atoms with Crippen LogP contribution in [0.2, 0.25) is 0 Å². The summed E-state index contributed by atoms with van der Waals surface area (Å²) in [5.74, 6) is 2.34. The maximum Gasteiger partial charge on any atom is 0.318 e. The molecule has 0 radical (unpaired) electrons. The van der Waals surface area contributed by atoms with Gasteiger partial charge in [-0.3, -0.25) is 0 Å². The van der Waals surface area contributed by atoms with Gasteiger partial charge in [-0.2, -0.15) is 0 Å². The number of carbonyl (C=O) groups is 1. The molecule has 0 saturated carbocycles. The molecule has 0 fully saturated rings. The van der Waals surface area contributed by atoms with Crippen LogP contribution in [0.25, 0.3) is 0 Å². The zero-order valence-electron chi connectivity index (χ0n) is 15.4. The van der Waals surface area contributed by atoms with E-state index in [1.54, 1.807) is 14.2 Å². The van der Waals surface area contributed by atoms with Crippen molar-refractivity contribution in [1.29, 1.82) is 0 Å². The Morgan fingerprint density at radius 1 is 1.32 bits per heavy atom. The first-order valence-corrected chi connectivity index (χ1v) is 8.22. The van der Waals surface area contributed by atoms with E-state index in [9.17, 15) is 9.90 Å². The van der Waals surface area contributed by atoms with Crippen molar-refractivity contribution < 1.29 is 19.1 Å². The highest BCUT2D eigenvalue weighted by Gasteiger charge is 2.23. The van der Waals surface area contributed by atoms with Crippen molar-refractivity contribution in [2.75, 3.05) is 20.8 Å². The van der Waals surface area contributed by atoms with Gasteiger partial charge in [-0.05, 0) is 44.5 Å². The predicted molar refractivity (Wildman–Crippen MR) is 95.7 cm³/mol. The topological polar surface area (TPSA) is 74.9 Å². The van der Waals surface area contributed by atoms with E-state index in [4.69, 9.17) is 9.15 Å². The molecular weight excluding hydrogens is 320 g/mol. The van der Waals surface area contributed by atoms with Gasteiger partial charge in [0.15, 0.2) is 0 Å². The lowest BCUT2D eigenvalue weighted by Gasteiger charge is -2.28. The number of hydrogen-bond donors (Lipinski definition) is 2. The summed E-state index contributed by atoms with van der Waals surface area (Å²) in [6, 6.07) is 8.34. The summed E-state index contributed by atoms with van der Waals surface area (Å²) in [5.41, 5.74) is 1.79. The van der Waals surface area contributed by atoms with Gasteiger partial charge in [-0.25, -0.2) is 4.79 Å². The Hall–Kier alpha value is -2.47. The highest BCUT2D eigenvalue weighted by molar-refractivity contribution is 5.75. The Morgan fingerprint density at radius 2 is 1.96 bits per heavy atom. The van der Waals surface area contributed by atoms with Gasteiger partial charge in [0.1, 0.15) is 17.3 Å². The third-order valence-corrected chi connectivity index (χ3v) is 4.35. The summed E-state index contributed by atoms with van der Waals surface area (Å²) >= 11 is 0. The second-order valence-corrected chi connectivity index (χ2v) is 6.12. The zero-order valence-corrected chi connectivity index (χ0v) is 15.4. The van der Waals surface area contributed by atoms with E-state index in [0.29, 0.717) is 0 Å². The number of benzene rings is 1. The highest BCUT2D eigenvalue weighted by Crippen LogP contribution is 2.24. The van der Waals surface area contributed by atoms with Crippen LogP contribution in [0.1, 0.15) is 41.7 Å². The number of aryl methyl sites for hydroxylation is 2. The number of nitrogens with zero attached hydrogens (tertiary/aromatic N) is 1. The van der Waals surface area contributed by atoms with Crippen molar-refractivity contribution in [2.45, 2.75) is 32.9 Å². The Morgan fingerprint density at radius 3 is 2.44 bits per heavy atom. The highest BCUT2D eigenvalue weighted by atomic mass is 16.5. The van der Waals surface area contributed by atoms with Crippen LogP contribution in [0, 0.1) is 13.8 Å². The van der Waals surface area contributed by atoms with Crippen LogP contribution in [0.5, 0.6) is 5.75 Å². The number of aliphatic hydroxyl groups excluding tert-OH is 1. The molecule has 1 heterocycles. The number of furan rings is 1. The third-order valence-electron chi connectivity index (χ3n) is 4.35. The van der Waals surface area contributed by atoms with Crippen LogP contribution in [0.15, 0.2) is 34.7 Å². The molecule has 2 N–H and O–H groups in total. The Labute approximate surface area is 148 Å². The van der Waals surface area contributed by atoms with Gasteiger partial charge < -0.3 is 24.5 Å². The minimum absolute atomic E-state index is 0.172. The molecule has 2 atom stereocenters. The van der Waals surface area contributed by atoms with Crippen molar-refractivity contribution >= 4 is 6.03 Å². The molecule has 6 heteroatoms. The molecule has 1 aromatic heterocycles. The molecule has 2 rings (SSSR count). The zero-order chi connectivity index (χ0) is 18.6. The first-order chi connectivity index (χ1) is 11.9. The Bertz CT molecular complexity index is 709.